The first-order chi connectivity index (χ1) is 10.5. The predicted octanol–water partition coefficient (Wildman–Crippen LogP) is 1.80. The van der Waals surface area contributed by atoms with E-state index in [1.165, 1.54) is 37.4 Å². The predicted molar refractivity (Wildman–Crippen MR) is 81.4 cm³/mol. The van der Waals surface area contributed by atoms with Gasteiger partial charge < -0.3 is 16.0 Å². The number of rotatable bonds is 3. The molecule has 1 aromatic rings. The van der Waals surface area contributed by atoms with E-state index in [4.69, 9.17) is 5.41 Å². The van der Waals surface area contributed by atoms with E-state index in [0.29, 0.717) is 36.1 Å². The van der Waals surface area contributed by atoms with Crippen molar-refractivity contribution < 1.29 is 14.0 Å². The average molecular weight is 303 g/mol. The van der Waals surface area contributed by atoms with Crippen LogP contribution in [-0.4, -0.2) is 30.6 Å². The Morgan fingerprint density at radius 1 is 1.32 bits per heavy atom. The lowest BCUT2D eigenvalue weighted by Gasteiger charge is -2.25. The molecule has 0 heterocycles. The highest BCUT2D eigenvalue weighted by molar-refractivity contribution is 6.04. The van der Waals surface area contributed by atoms with Gasteiger partial charge in [-0.25, -0.2) is 4.39 Å². The van der Waals surface area contributed by atoms with Crippen LogP contribution in [0.2, 0.25) is 0 Å². The molecule has 116 valence electrons. The van der Waals surface area contributed by atoms with Crippen molar-refractivity contribution in [1.82, 2.24) is 10.6 Å². The quantitative estimate of drug-likeness (QED) is 0.744. The molecule has 0 aliphatic heterocycles. The highest BCUT2D eigenvalue weighted by atomic mass is 19.1. The second kappa shape index (κ2) is 6.98. The van der Waals surface area contributed by atoms with Gasteiger partial charge in [0.25, 0.3) is 5.91 Å². The molecule has 5 nitrogen and oxygen atoms in total. The smallest absolute Gasteiger partial charge is 0.251 e. The highest BCUT2D eigenvalue weighted by Gasteiger charge is 2.23. The monoisotopic (exact) mass is 303 g/mol. The van der Waals surface area contributed by atoms with Crippen molar-refractivity contribution in [2.45, 2.75) is 25.3 Å². The van der Waals surface area contributed by atoms with Gasteiger partial charge in [0.05, 0.1) is 0 Å². The lowest BCUT2D eigenvalue weighted by molar-refractivity contribution is -0.116. The molecule has 6 heteroatoms. The van der Waals surface area contributed by atoms with Crippen molar-refractivity contribution in [3.63, 3.8) is 0 Å². The van der Waals surface area contributed by atoms with Gasteiger partial charge in [-0.2, -0.15) is 0 Å². The van der Waals surface area contributed by atoms with E-state index >= 15 is 0 Å². The summed E-state index contributed by atoms with van der Waals surface area (Å²) in [6, 6.07) is 5.20. The van der Waals surface area contributed by atoms with Crippen LogP contribution in [0.1, 0.15) is 29.6 Å². The molecule has 1 atom stereocenters. The molecule has 0 radical (unpaired) electrons. The number of hydrogen-bond donors (Lipinski definition) is 3. The highest BCUT2D eigenvalue weighted by Crippen LogP contribution is 2.21. The van der Waals surface area contributed by atoms with Crippen molar-refractivity contribution in [3.8, 4) is 0 Å². The Kier molecular flexibility index (Phi) is 5.04. The lowest BCUT2D eigenvalue weighted by atomic mass is 9.88. The minimum atomic E-state index is -0.390. The Bertz CT molecular complexity index is 623. The number of halogens is 1. The first kappa shape index (κ1) is 15.9. The molecule has 1 aliphatic carbocycles. The minimum absolute atomic E-state index is 0.137. The van der Waals surface area contributed by atoms with Gasteiger partial charge in [-0.3, -0.25) is 9.59 Å². The van der Waals surface area contributed by atoms with Crippen LogP contribution in [0.15, 0.2) is 35.9 Å². The second-order valence-corrected chi connectivity index (χ2v) is 5.18. The Hall–Kier alpha value is -2.50. The molecule has 2 rings (SSSR count). The molecule has 0 aromatic heterocycles. The van der Waals surface area contributed by atoms with E-state index in [2.05, 4.69) is 10.6 Å². The molecule has 1 aromatic carbocycles. The molecule has 0 bridgehead atoms. The summed E-state index contributed by atoms with van der Waals surface area (Å²) < 4.78 is 12.9. The molecule has 1 unspecified atom stereocenters. The van der Waals surface area contributed by atoms with Crippen molar-refractivity contribution in [2.75, 3.05) is 7.05 Å². The van der Waals surface area contributed by atoms with Gasteiger partial charge in [-0.15, -0.1) is 0 Å². The van der Waals surface area contributed by atoms with Gasteiger partial charge in [-0.05, 0) is 49.1 Å². The van der Waals surface area contributed by atoms with E-state index in [9.17, 15) is 14.0 Å². The molecular weight excluding hydrogens is 285 g/mol. The fraction of sp³-hybridized carbons (Fsp3) is 0.312. The summed E-state index contributed by atoms with van der Waals surface area (Å²) in [6.07, 6.45) is 3.01. The van der Waals surface area contributed by atoms with Crippen LogP contribution in [0.4, 0.5) is 4.39 Å². The third kappa shape index (κ3) is 4.00. The number of hydrogen-bond acceptors (Lipinski definition) is 3. The fourth-order valence-electron chi connectivity index (χ4n) is 2.34. The summed E-state index contributed by atoms with van der Waals surface area (Å²) in [7, 11) is 1.53. The van der Waals surface area contributed by atoms with Crippen molar-refractivity contribution in [2.24, 2.45) is 0 Å². The minimum Gasteiger partial charge on any atom is -0.356 e. The number of amides is 2. The first-order valence-electron chi connectivity index (χ1n) is 7.06. The maximum atomic E-state index is 12.9. The molecule has 2 amide bonds. The maximum Gasteiger partial charge on any atom is 0.251 e. The maximum absolute atomic E-state index is 12.9. The summed E-state index contributed by atoms with van der Waals surface area (Å²) in [6.45, 7) is 0. The zero-order valence-electron chi connectivity index (χ0n) is 12.3. The zero-order valence-corrected chi connectivity index (χ0v) is 12.3. The van der Waals surface area contributed by atoms with Crippen molar-refractivity contribution >= 4 is 17.5 Å². The second-order valence-electron chi connectivity index (χ2n) is 5.18. The normalized spacial score (nSPS) is 19.8. The van der Waals surface area contributed by atoms with E-state index in [1.807, 2.05) is 0 Å². The van der Waals surface area contributed by atoms with Crippen LogP contribution in [0.5, 0.6) is 0 Å². The van der Waals surface area contributed by atoms with Crippen molar-refractivity contribution in [1.29, 1.82) is 5.41 Å². The van der Waals surface area contributed by atoms with Gasteiger partial charge in [0, 0.05) is 30.4 Å². The first-order valence-corrected chi connectivity index (χ1v) is 7.06. The molecule has 1 fully saturated rings. The number of carbonyl (C=O) groups is 2. The van der Waals surface area contributed by atoms with E-state index in [-0.39, 0.29) is 17.9 Å². The van der Waals surface area contributed by atoms with Crippen LogP contribution >= 0.6 is 0 Å². The van der Waals surface area contributed by atoms with Crippen LogP contribution in [-0.2, 0) is 4.79 Å². The van der Waals surface area contributed by atoms with E-state index < -0.39 is 5.82 Å². The van der Waals surface area contributed by atoms with Gasteiger partial charge in [0.15, 0.2) is 0 Å². The third-order valence-electron chi connectivity index (χ3n) is 3.59. The zero-order chi connectivity index (χ0) is 16.1. The summed E-state index contributed by atoms with van der Waals surface area (Å²) in [5, 5.41) is 13.2. The standard InChI is InChI=1S/C16H18FN3O2/c1-19-15(21)9-11-8-13(6-7-14(11)18)20-16(22)10-2-4-12(17)5-3-10/h2-5,9,13,18H,6-8H2,1H3,(H,19,21)(H,20,22)/b11-9-,18-14?. The Labute approximate surface area is 128 Å². The fourth-order valence-corrected chi connectivity index (χ4v) is 2.34. The number of benzene rings is 1. The Morgan fingerprint density at radius 3 is 2.64 bits per heavy atom. The molecule has 0 spiro atoms. The molecule has 1 saturated carbocycles. The van der Waals surface area contributed by atoms with Gasteiger partial charge in [0.2, 0.25) is 5.91 Å². The SMILES string of the molecule is CNC(=O)/C=C1/CC(NC(=O)c2ccc(F)cc2)CCC1=N. The van der Waals surface area contributed by atoms with Crippen LogP contribution in [0, 0.1) is 11.2 Å². The van der Waals surface area contributed by atoms with Gasteiger partial charge in [-0.1, -0.05) is 0 Å². The van der Waals surface area contributed by atoms with Gasteiger partial charge in [0.1, 0.15) is 5.82 Å². The molecule has 1 aliphatic rings. The Morgan fingerprint density at radius 2 is 2.00 bits per heavy atom. The third-order valence-corrected chi connectivity index (χ3v) is 3.59. The summed E-state index contributed by atoms with van der Waals surface area (Å²) in [5.74, 6) is -0.929. The number of carbonyl (C=O) groups excluding carboxylic acids is 2. The average Bonchev–Trinajstić information content (AvgIpc) is 2.51. The molecule has 22 heavy (non-hydrogen) atoms. The number of nitrogens with one attached hydrogen (secondary N) is 3. The van der Waals surface area contributed by atoms with Crippen LogP contribution in [0.3, 0.4) is 0 Å². The summed E-state index contributed by atoms with van der Waals surface area (Å²) in [5.41, 5.74) is 1.45. The number of likely N-dealkylation sites (N-methyl/N-ethyl adjacent to an activating group) is 1. The molecule has 3 N–H and O–H groups in total. The van der Waals surface area contributed by atoms with Crippen LogP contribution in [0.25, 0.3) is 0 Å². The molecule has 0 saturated heterocycles. The van der Waals surface area contributed by atoms with Crippen LogP contribution < -0.4 is 10.6 Å². The van der Waals surface area contributed by atoms with E-state index in [0.717, 1.165) is 0 Å². The largest absolute Gasteiger partial charge is 0.356 e. The summed E-state index contributed by atoms with van der Waals surface area (Å²) in [4.78, 5) is 23.5. The topological polar surface area (TPSA) is 82.1 Å². The summed E-state index contributed by atoms with van der Waals surface area (Å²) >= 11 is 0. The van der Waals surface area contributed by atoms with Crippen molar-refractivity contribution in [3.05, 3.63) is 47.3 Å². The molecular formula is C16H18FN3O2. The lowest BCUT2D eigenvalue weighted by Crippen LogP contribution is -2.38. The van der Waals surface area contributed by atoms with Gasteiger partial charge >= 0.3 is 0 Å². The van der Waals surface area contributed by atoms with E-state index in [1.54, 1.807) is 0 Å². The Balaban J connectivity index is 2.02.